The van der Waals surface area contributed by atoms with Gasteiger partial charge in [0.25, 0.3) is 0 Å². The van der Waals surface area contributed by atoms with Crippen LogP contribution in [-0.2, 0) is 9.59 Å². The van der Waals surface area contributed by atoms with Crippen molar-refractivity contribution in [3.63, 3.8) is 0 Å². The van der Waals surface area contributed by atoms with Crippen LogP contribution in [0.25, 0.3) is 6.08 Å². The maximum atomic E-state index is 10.4. The SMILES string of the molecule is O=C=c1ccc(C=C[N+](=O)[O-])cc1=C=O. The van der Waals surface area contributed by atoms with E-state index in [1.54, 1.807) is 11.9 Å². The number of hydrogen-bond donors (Lipinski definition) is 0. The first-order chi connectivity index (χ1) is 7.17. The van der Waals surface area contributed by atoms with E-state index >= 15 is 0 Å². The molecule has 0 amide bonds. The molecule has 0 aliphatic heterocycles. The molecule has 0 aromatic heterocycles. The van der Waals surface area contributed by atoms with Gasteiger partial charge in [-0.25, -0.2) is 9.59 Å². The molecule has 1 rings (SSSR count). The second kappa shape index (κ2) is 4.67. The van der Waals surface area contributed by atoms with Crippen molar-refractivity contribution in [2.24, 2.45) is 0 Å². The van der Waals surface area contributed by atoms with E-state index < -0.39 is 4.92 Å². The molecule has 0 radical (unpaired) electrons. The molecule has 0 atom stereocenters. The maximum Gasteiger partial charge on any atom is 0.235 e. The summed E-state index contributed by atoms with van der Waals surface area (Å²) in [5.41, 5.74) is 0.448. The van der Waals surface area contributed by atoms with E-state index in [9.17, 15) is 19.7 Å². The Hall–Kier alpha value is -2.48. The molecule has 0 aliphatic rings. The predicted molar refractivity (Wildman–Crippen MR) is 51.3 cm³/mol. The number of benzene rings is 1. The third kappa shape index (κ3) is 2.74. The van der Waals surface area contributed by atoms with Gasteiger partial charge in [-0.3, -0.25) is 10.1 Å². The highest BCUT2D eigenvalue weighted by atomic mass is 16.6. The second-order valence-electron chi connectivity index (χ2n) is 2.61. The molecular formula is C10H5NO4. The lowest BCUT2D eigenvalue weighted by Crippen LogP contribution is -2.26. The van der Waals surface area contributed by atoms with Crippen LogP contribution in [-0.4, -0.2) is 16.8 Å². The van der Waals surface area contributed by atoms with Gasteiger partial charge >= 0.3 is 0 Å². The summed E-state index contributed by atoms with van der Waals surface area (Å²) < 4.78 is 0. The third-order valence-electron chi connectivity index (χ3n) is 1.65. The topological polar surface area (TPSA) is 77.3 Å². The van der Waals surface area contributed by atoms with Crippen LogP contribution in [0.3, 0.4) is 0 Å². The number of rotatable bonds is 2. The number of nitrogens with zero attached hydrogens (tertiary/aromatic N) is 1. The lowest BCUT2D eigenvalue weighted by Gasteiger charge is -1.88. The molecule has 0 aliphatic carbocycles. The smallest absolute Gasteiger partial charge is 0.235 e. The van der Waals surface area contributed by atoms with Gasteiger partial charge in [0.05, 0.1) is 15.4 Å². The highest BCUT2D eigenvalue weighted by Gasteiger charge is 1.92. The van der Waals surface area contributed by atoms with Gasteiger partial charge < -0.3 is 0 Å². The van der Waals surface area contributed by atoms with Crippen LogP contribution in [0.5, 0.6) is 0 Å². The van der Waals surface area contributed by atoms with Crippen LogP contribution >= 0.6 is 0 Å². The molecule has 0 saturated heterocycles. The molecule has 15 heavy (non-hydrogen) atoms. The monoisotopic (exact) mass is 203 g/mol. The van der Waals surface area contributed by atoms with Crippen molar-refractivity contribution < 1.29 is 14.5 Å². The highest BCUT2D eigenvalue weighted by molar-refractivity contribution is 5.58. The van der Waals surface area contributed by atoms with E-state index in [1.165, 1.54) is 24.3 Å². The van der Waals surface area contributed by atoms with Crippen LogP contribution in [0.2, 0.25) is 0 Å². The fourth-order valence-electron chi connectivity index (χ4n) is 0.986. The van der Waals surface area contributed by atoms with Crippen LogP contribution in [0, 0.1) is 10.1 Å². The van der Waals surface area contributed by atoms with Gasteiger partial charge in [-0.2, -0.15) is 0 Å². The summed E-state index contributed by atoms with van der Waals surface area (Å²) in [6.45, 7) is 0. The Morgan fingerprint density at radius 2 is 1.87 bits per heavy atom. The van der Waals surface area contributed by atoms with Gasteiger partial charge in [0.2, 0.25) is 6.20 Å². The van der Waals surface area contributed by atoms with E-state index in [2.05, 4.69) is 0 Å². The van der Waals surface area contributed by atoms with Gasteiger partial charge in [0, 0.05) is 6.08 Å². The lowest BCUT2D eigenvalue weighted by atomic mass is 10.1. The molecule has 5 nitrogen and oxygen atoms in total. The minimum atomic E-state index is -0.621. The lowest BCUT2D eigenvalue weighted by molar-refractivity contribution is -0.400. The summed E-state index contributed by atoms with van der Waals surface area (Å²) in [6.07, 6.45) is 1.96. The second-order valence-corrected chi connectivity index (χ2v) is 2.61. The zero-order chi connectivity index (χ0) is 11.3. The van der Waals surface area contributed by atoms with Gasteiger partial charge in [-0.15, -0.1) is 0 Å². The summed E-state index contributed by atoms with van der Waals surface area (Å²) in [5, 5.41) is 10.2. The van der Waals surface area contributed by atoms with Crippen LogP contribution in [0.15, 0.2) is 24.4 Å². The third-order valence-corrected chi connectivity index (χ3v) is 1.65. The molecule has 0 fully saturated rings. The maximum absolute atomic E-state index is 10.4. The number of nitro groups is 1. The molecule has 74 valence electrons. The summed E-state index contributed by atoms with van der Waals surface area (Å²) in [7, 11) is 0. The number of carbonyl (C=O) groups excluding carboxylic acids is 2. The first-order valence-electron chi connectivity index (χ1n) is 3.89. The zero-order valence-corrected chi connectivity index (χ0v) is 7.47. The van der Waals surface area contributed by atoms with Crippen molar-refractivity contribution in [1.29, 1.82) is 0 Å². The van der Waals surface area contributed by atoms with Gasteiger partial charge in [-0.1, -0.05) is 6.07 Å². The Morgan fingerprint density at radius 1 is 1.20 bits per heavy atom. The van der Waals surface area contributed by atoms with Crippen LogP contribution < -0.4 is 10.4 Å². The minimum absolute atomic E-state index is 0.0375. The summed E-state index contributed by atoms with van der Waals surface area (Å²) >= 11 is 0. The molecule has 0 heterocycles. The highest BCUT2D eigenvalue weighted by Crippen LogP contribution is 1.95. The van der Waals surface area contributed by atoms with Crippen LogP contribution in [0.4, 0.5) is 0 Å². The average Bonchev–Trinajstić information content (AvgIpc) is 2.25. The Kier molecular flexibility index (Phi) is 3.30. The molecule has 0 bridgehead atoms. The first kappa shape index (κ1) is 10.6. The zero-order valence-electron chi connectivity index (χ0n) is 7.47. The molecular weight excluding hydrogens is 198 g/mol. The molecule has 1 aromatic rings. The molecule has 1 aromatic carbocycles. The summed E-state index contributed by atoms with van der Waals surface area (Å²) in [5.74, 6) is 3.13. The van der Waals surface area contributed by atoms with Crippen molar-refractivity contribution in [3.05, 3.63) is 50.5 Å². The largest absolute Gasteiger partial charge is 0.259 e. The van der Waals surface area contributed by atoms with Crippen LogP contribution in [0.1, 0.15) is 5.56 Å². The van der Waals surface area contributed by atoms with E-state index in [1.807, 2.05) is 0 Å². The van der Waals surface area contributed by atoms with Gasteiger partial charge in [0.15, 0.2) is 0 Å². The first-order valence-corrected chi connectivity index (χ1v) is 3.89. The fraction of sp³-hybridized carbons (Fsp3) is 0. The molecule has 0 N–H and O–H groups in total. The fourth-order valence-corrected chi connectivity index (χ4v) is 0.986. The molecule has 5 heteroatoms. The van der Waals surface area contributed by atoms with Crippen molar-refractivity contribution in [2.45, 2.75) is 0 Å². The molecule has 0 saturated carbocycles. The van der Waals surface area contributed by atoms with Gasteiger partial charge in [0.1, 0.15) is 11.9 Å². The van der Waals surface area contributed by atoms with Crippen molar-refractivity contribution >= 4 is 18.0 Å². The Balaban J connectivity index is 3.34. The van der Waals surface area contributed by atoms with Gasteiger partial charge in [-0.05, 0) is 17.7 Å². The predicted octanol–water partition coefficient (Wildman–Crippen LogP) is -1.06. The van der Waals surface area contributed by atoms with E-state index in [0.29, 0.717) is 5.56 Å². The van der Waals surface area contributed by atoms with Crippen molar-refractivity contribution in [2.75, 3.05) is 0 Å². The quantitative estimate of drug-likeness (QED) is 0.453. The van der Waals surface area contributed by atoms with Crippen molar-refractivity contribution in [1.82, 2.24) is 0 Å². The average molecular weight is 203 g/mol. The normalized spacial score (nSPS) is 9.60. The Morgan fingerprint density at radius 3 is 2.40 bits per heavy atom. The summed E-state index contributed by atoms with van der Waals surface area (Å²) in [6, 6.07) is 4.15. The Bertz CT molecular complexity index is 578. The number of hydrogen-bond acceptors (Lipinski definition) is 4. The minimum Gasteiger partial charge on any atom is -0.259 e. The molecule has 0 spiro atoms. The molecule has 0 unspecified atom stereocenters. The Labute approximate surface area is 83.8 Å². The van der Waals surface area contributed by atoms with Crippen molar-refractivity contribution in [3.8, 4) is 0 Å². The summed E-state index contributed by atoms with van der Waals surface area (Å²) in [4.78, 5) is 30.2. The van der Waals surface area contributed by atoms with E-state index in [4.69, 9.17) is 0 Å². The van der Waals surface area contributed by atoms with E-state index in [-0.39, 0.29) is 10.4 Å². The standard InChI is InChI=1S/C10H5NO4/c12-6-9-2-1-8(3-4-11(14)15)5-10(9)7-13/h1-5H. The van der Waals surface area contributed by atoms with E-state index in [0.717, 1.165) is 6.20 Å².